The Morgan fingerprint density at radius 2 is 2.05 bits per heavy atom. The first-order chi connectivity index (χ1) is 9.94. The number of carbonyl (C=O) groups is 1. The average Bonchev–Trinajstić information content (AvgIpc) is 2.42. The molecule has 2 aromatic rings. The number of rotatable bonds is 5. The summed E-state index contributed by atoms with van der Waals surface area (Å²) in [6.45, 7) is -1.63. The molecule has 0 radical (unpaired) electrons. The van der Waals surface area contributed by atoms with E-state index in [-0.39, 0.29) is 13.0 Å². The Morgan fingerprint density at radius 1 is 1.29 bits per heavy atom. The SMILES string of the molecule is O=C(CCOCC(F)(F)F)Nc1cnc2ccccc2c1. The lowest BCUT2D eigenvalue weighted by molar-refractivity contribution is -0.174. The largest absolute Gasteiger partial charge is 0.411 e. The second kappa shape index (κ2) is 6.53. The maximum absolute atomic E-state index is 11.8. The summed E-state index contributed by atoms with van der Waals surface area (Å²) in [5.74, 6) is -0.422. The molecule has 1 heterocycles. The van der Waals surface area contributed by atoms with Crippen LogP contribution in [-0.4, -0.2) is 30.3 Å². The standard InChI is InChI=1S/C14H13F3N2O2/c15-14(16,17)9-21-6-5-13(20)19-11-7-10-3-1-2-4-12(10)18-8-11/h1-4,7-8H,5-6,9H2,(H,19,20). The van der Waals surface area contributed by atoms with Crippen molar-refractivity contribution in [3.63, 3.8) is 0 Å². The van der Waals surface area contributed by atoms with Crippen molar-refractivity contribution in [2.24, 2.45) is 0 Å². The number of hydrogen-bond acceptors (Lipinski definition) is 3. The van der Waals surface area contributed by atoms with Gasteiger partial charge in [-0.3, -0.25) is 9.78 Å². The van der Waals surface area contributed by atoms with E-state index in [1.54, 1.807) is 6.07 Å². The molecule has 0 saturated heterocycles. The fourth-order valence-electron chi connectivity index (χ4n) is 1.72. The van der Waals surface area contributed by atoms with E-state index in [1.807, 2.05) is 24.3 Å². The number of hydrogen-bond donors (Lipinski definition) is 1. The van der Waals surface area contributed by atoms with Gasteiger partial charge in [-0.15, -0.1) is 0 Å². The van der Waals surface area contributed by atoms with Gasteiger partial charge >= 0.3 is 6.18 Å². The summed E-state index contributed by atoms with van der Waals surface area (Å²) in [5.41, 5.74) is 1.29. The van der Waals surface area contributed by atoms with Crippen LogP contribution >= 0.6 is 0 Å². The van der Waals surface area contributed by atoms with Gasteiger partial charge in [-0.05, 0) is 12.1 Å². The van der Waals surface area contributed by atoms with Gasteiger partial charge in [0, 0.05) is 5.39 Å². The van der Waals surface area contributed by atoms with Crippen molar-refractivity contribution in [2.75, 3.05) is 18.5 Å². The zero-order chi connectivity index (χ0) is 15.3. The number of pyridine rings is 1. The highest BCUT2D eigenvalue weighted by Crippen LogP contribution is 2.16. The van der Waals surface area contributed by atoms with Crippen LogP contribution < -0.4 is 5.32 Å². The maximum Gasteiger partial charge on any atom is 0.411 e. The molecule has 1 N–H and O–H groups in total. The third-order valence-electron chi connectivity index (χ3n) is 2.61. The van der Waals surface area contributed by atoms with Crippen LogP contribution in [0.5, 0.6) is 0 Å². The van der Waals surface area contributed by atoms with Crippen molar-refractivity contribution in [3.8, 4) is 0 Å². The summed E-state index contributed by atoms with van der Waals surface area (Å²) in [6.07, 6.45) is -3.03. The van der Waals surface area contributed by atoms with E-state index in [0.717, 1.165) is 10.9 Å². The topological polar surface area (TPSA) is 51.2 Å². The number of amides is 1. The molecule has 112 valence electrons. The van der Waals surface area contributed by atoms with E-state index in [2.05, 4.69) is 15.0 Å². The Kier molecular flexibility index (Phi) is 4.74. The van der Waals surface area contributed by atoms with Gasteiger partial charge in [-0.2, -0.15) is 13.2 Å². The maximum atomic E-state index is 11.8. The Morgan fingerprint density at radius 3 is 2.81 bits per heavy atom. The van der Waals surface area contributed by atoms with Crippen LogP contribution in [0, 0.1) is 0 Å². The number of ether oxygens (including phenoxy) is 1. The number of halogens is 3. The number of nitrogens with one attached hydrogen (secondary N) is 1. The fourth-order valence-corrected chi connectivity index (χ4v) is 1.72. The van der Waals surface area contributed by atoms with E-state index >= 15 is 0 Å². The van der Waals surface area contributed by atoms with Crippen molar-refractivity contribution >= 4 is 22.5 Å². The molecule has 4 nitrogen and oxygen atoms in total. The van der Waals surface area contributed by atoms with Crippen LogP contribution in [-0.2, 0) is 9.53 Å². The quantitative estimate of drug-likeness (QED) is 0.863. The number of fused-ring (bicyclic) bond motifs is 1. The lowest BCUT2D eigenvalue weighted by Gasteiger charge is -2.08. The van der Waals surface area contributed by atoms with Gasteiger partial charge in [0.15, 0.2) is 0 Å². The number of benzene rings is 1. The molecule has 0 bridgehead atoms. The molecule has 1 aromatic carbocycles. The molecule has 0 spiro atoms. The molecule has 0 aliphatic carbocycles. The van der Waals surface area contributed by atoms with Gasteiger partial charge in [-0.25, -0.2) is 0 Å². The third kappa shape index (κ3) is 5.03. The number of para-hydroxylation sites is 1. The summed E-state index contributed by atoms with van der Waals surface area (Å²) < 4.78 is 39.9. The molecule has 1 aromatic heterocycles. The first-order valence-electron chi connectivity index (χ1n) is 6.23. The van der Waals surface area contributed by atoms with Crippen LogP contribution in [0.25, 0.3) is 10.9 Å². The zero-order valence-corrected chi connectivity index (χ0v) is 11.0. The van der Waals surface area contributed by atoms with Crippen LogP contribution in [0.4, 0.5) is 18.9 Å². The van der Waals surface area contributed by atoms with E-state index in [1.165, 1.54) is 6.20 Å². The molecule has 21 heavy (non-hydrogen) atoms. The summed E-state index contributed by atoms with van der Waals surface area (Å²) in [4.78, 5) is 15.7. The first kappa shape index (κ1) is 15.2. The minimum Gasteiger partial charge on any atom is -0.372 e. The van der Waals surface area contributed by atoms with Gasteiger partial charge in [-0.1, -0.05) is 18.2 Å². The number of alkyl halides is 3. The van der Waals surface area contributed by atoms with Gasteiger partial charge in [0.05, 0.1) is 30.4 Å². The number of anilines is 1. The molecule has 0 unspecified atom stereocenters. The van der Waals surface area contributed by atoms with Crippen LogP contribution in [0.3, 0.4) is 0 Å². The van der Waals surface area contributed by atoms with Crippen LogP contribution in [0.2, 0.25) is 0 Å². The molecular formula is C14H13F3N2O2. The molecule has 0 fully saturated rings. The predicted octanol–water partition coefficient (Wildman–Crippen LogP) is 3.14. The summed E-state index contributed by atoms with van der Waals surface area (Å²) in [5, 5.41) is 3.43. The Bertz CT molecular complexity index is 629. The van der Waals surface area contributed by atoms with Gasteiger partial charge in [0.25, 0.3) is 0 Å². The molecule has 0 atom stereocenters. The van der Waals surface area contributed by atoms with Crippen LogP contribution in [0.1, 0.15) is 6.42 Å². The number of aromatic nitrogens is 1. The van der Waals surface area contributed by atoms with Crippen molar-refractivity contribution in [1.29, 1.82) is 0 Å². The molecule has 0 aliphatic heterocycles. The van der Waals surface area contributed by atoms with Crippen molar-refractivity contribution in [2.45, 2.75) is 12.6 Å². The monoisotopic (exact) mass is 298 g/mol. The van der Waals surface area contributed by atoms with E-state index in [0.29, 0.717) is 5.69 Å². The second-order valence-corrected chi connectivity index (χ2v) is 4.38. The molecule has 7 heteroatoms. The predicted molar refractivity (Wildman–Crippen MR) is 71.9 cm³/mol. The lowest BCUT2D eigenvalue weighted by Crippen LogP contribution is -2.20. The van der Waals surface area contributed by atoms with Crippen molar-refractivity contribution in [3.05, 3.63) is 36.5 Å². The van der Waals surface area contributed by atoms with E-state index in [9.17, 15) is 18.0 Å². The molecule has 1 amide bonds. The summed E-state index contributed by atoms with van der Waals surface area (Å²) in [6, 6.07) is 9.14. The summed E-state index contributed by atoms with van der Waals surface area (Å²) in [7, 11) is 0. The van der Waals surface area contributed by atoms with E-state index in [4.69, 9.17) is 0 Å². The third-order valence-corrected chi connectivity index (χ3v) is 2.61. The minimum atomic E-state index is -4.38. The fraction of sp³-hybridized carbons (Fsp3) is 0.286. The Hall–Kier alpha value is -2.15. The molecule has 0 saturated carbocycles. The highest BCUT2D eigenvalue weighted by molar-refractivity contribution is 5.93. The smallest absolute Gasteiger partial charge is 0.372 e. The number of carbonyl (C=O) groups excluding carboxylic acids is 1. The Balaban J connectivity index is 1.84. The van der Waals surface area contributed by atoms with Gasteiger partial charge < -0.3 is 10.1 Å². The van der Waals surface area contributed by atoms with Crippen molar-refractivity contribution < 1.29 is 22.7 Å². The molecule has 0 aliphatic rings. The van der Waals surface area contributed by atoms with Crippen molar-refractivity contribution in [1.82, 2.24) is 4.98 Å². The zero-order valence-electron chi connectivity index (χ0n) is 11.0. The summed E-state index contributed by atoms with van der Waals surface area (Å²) >= 11 is 0. The number of nitrogens with zero attached hydrogens (tertiary/aromatic N) is 1. The second-order valence-electron chi connectivity index (χ2n) is 4.38. The molecular weight excluding hydrogens is 285 g/mol. The van der Waals surface area contributed by atoms with Gasteiger partial charge in [0.1, 0.15) is 6.61 Å². The molecule has 2 rings (SSSR count). The first-order valence-corrected chi connectivity index (χ1v) is 6.23. The van der Waals surface area contributed by atoms with Crippen LogP contribution in [0.15, 0.2) is 36.5 Å². The van der Waals surface area contributed by atoms with Gasteiger partial charge in [0.2, 0.25) is 5.91 Å². The average molecular weight is 298 g/mol. The lowest BCUT2D eigenvalue weighted by atomic mass is 10.2. The highest BCUT2D eigenvalue weighted by Gasteiger charge is 2.27. The minimum absolute atomic E-state index is 0.150. The highest BCUT2D eigenvalue weighted by atomic mass is 19.4. The van der Waals surface area contributed by atoms with E-state index < -0.39 is 18.7 Å². The Labute approximate surface area is 118 Å². The normalized spacial score (nSPS) is 11.6.